The number of aromatic amines is 1. The fourth-order valence-corrected chi connectivity index (χ4v) is 2.97. The second-order valence-corrected chi connectivity index (χ2v) is 7.14. The van der Waals surface area contributed by atoms with Crippen molar-refractivity contribution in [3.63, 3.8) is 0 Å². The van der Waals surface area contributed by atoms with Crippen LogP contribution in [0.25, 0.3) is 11.2 Å². The van der Waals surface area contributed by atoms with Crippen LogP contribution in [0.15, 0.2) is 35.3 Å². The lowest BCUT2D eigenvalue weighted by Gasteiger charge is -2.14. The number of H-pyrrole nitrogens is 1. The molecule has 172 valence electrons. The second kappa shape index (κ2) is 10.2. The minimum absolute atomic E-state index is 0.0422. The number of nitrogens with zero attached hydrogens (tertiary/aromatic N) is 3. The third-order valence-corrected chi connectivity index (χ3v) is 4.63. The number of amides is 2. The molecule has 33 heavy (non-hydrogen) atoms. The number of nitrogens with one attached hydrogen (secondary N) is 3. The summed E-state index contributed by atoms with van der Waals surface area (Å²) in [5.74, 6) is -2.33. The molecule has 3 rings (SSSR count). The van der Waals surface area contributed by atoms with Crippen LogP contribution < -0.4 is 27.7 Å². The van der Waals surface area contributed by atoms with E-state index in [0.29, 0.717) is 11.4 Å². The zero-order chi connectivity index (χ0) is 24.0. The Kier molecular flexibility index (Phi) is 7.13. The highest BCUT2D eigenvalue weighted by atomic mass is 16.4. The molecule has 13 nitrogen and oxygen atoms in total. The quantitative estimate of drug-likeness (QED) is 0.236. The monoisotopic (exact) mass is 454 g/mol. The first-order valence-corrected chi connectivity index (χ1v) is 9.90. The number of hydrogen-bond acceptors (Lipinski definition) is 9. The van der Waals surface area contributed by atoms with E-state index in [1.54, 1.807) is 12.1 Å². The Bertz CT molecular complexity index is 1240. The van der Waals surface area contributed by atoms with Gasteiger partial charge >= 0.3 is 5.97 Å². The Morgan fingerprint density at radius 2 is 1.88 bits per heavy atom. The number of fused-ring (bicyclic) bond motifs is 1. The van der Waals surface area contributed by atoms with Gasteiger partial charge in [0.2, 0.25) is 11.9 Å². The Hall–Kier alpha value is -4.55. The SMILES string of the molecule is NC(=O)CCCC(NC(=O)c1ccc(NCc2cnc3nc(N)[nH]c(=O)c3n2)cc1)C(=O)O. The molecule has 0 aliphatic carbocycles. The largest absolute Gasteiger partial charge is 0.480 e. The Morgan fingerprint density at radius 3 is 2.55 bits per heavy atom. The molecule has 2 aromatic heterocycles. The molecule has 0 spiro atoms. The molecular weight excluding hydrogens is 432 g/mol. The van der Waals surface area contributed by atoms with Crippen LogP contribution >= 0.6 is 0 Å². The Labute approximate surface area is 186 Å². The average molecular weight is 454 g/mol. The number of carbonyl (C=O) groups excluding carboxylic acids is 2. The number of rotatable bonds is 10. The van der Waals surface area contributed by atoms with Gasteiger partial charge in [-0.2, -0.15) is 4.98 Å². The van der Waals surface area contributed by atoms with Crippen molar-refractivity contribution in [1.82, 2.24) is 25.3 Å². The lowest BCUT2D eigenvalue weighted by atomic mass is 10.1. The van der Waals surface area contributed by atoms with E-state index >= 15 is 0 Å². The number of carbonyl (C=O) groups is 3. The molecule has 2 amide bonds. The van der Waals surface area contributed by atoms with Crippen LogP contribution in [-0.2, 0) is 16.1 Å². The molecule has 0 fully saturated rings. The van der Waals surface area contributed by atoms with Gasteiger partial charge in [-0.05, 0) is 37.1 Å². The summed E-state index contributed by atoms with van der Waals surface area (Å²) >= 11 is 0. The van der Waals surface area contributed by atoms with Crippen LogP contribution in [-0.4, -0.2) is 48.9 Å². The van der Waals surface area contributed by atoms with Crippen molar-refractivity contribution in [3.8, 4) is 0 Å². The lowest BCUT2D eigenvalue weighted by Crippen LogP contribution is -2.40. The Morgan fingerprint density at radius 1 is 1.15 bits per heavy atom. The first-order valence-electron chi connectivity index (χ1n) is 9.90. The number of anilines is 2. The van der Waals surface area contributed by atoms with E-state index in [2.05, 4.69) is 30.6 Å². The average Bonchev–Trinajstić information content (AvgIpc) is 2.77. The summed E-state index contributed by atoms with van der Waals surface area (Å²) in [6, 6.07) is 5.21. The van der Waals surface area contributed by atoms with Gasteiger partial charge in [0.15, 0.2) is 11.2 Å². The fraction of sp³-hybridized carbons (Fsp3) is 0.250. The van der Waals surface area contributed by atoms with E-state index in [4.69, 9.17) is 11.5 Å². The molecule has 2 heterocycles. The summed E-state index contributed by atoms with van der Waals surface area (Å²) in [6.07, 6.45) is 1.84. The number of nitrogen functional groups attached to an aromatic ring is 1. The molecule has 0 bridgehead atoms. The van der Waals surface area contributed by atoms with Crippen LogP contribution in [0.2, 0.25) is 0 Å². The smallest absolute Gasteiger partial charge is 0.326 e. The van der Waals surface area contributed by atoms with Crippen molar-refractivity contribution in [1.29, 1.82) is 0 Å². The third-order valence-electron chi connectivity index (χ3n) is 4.63. The maximum atomic E-state index is 12.4. The summed E-state index contributed by atoms with van der Waals surface area (Å²) in [5, 5.41) is 14.8. The van der Waals surface area contributed by atoms with E-state index in [0.717, 1.165) is 0 Å². The zero-order valence-electron chi connectivity index (χ0n) is 17.4. The highest BCUT2D eigenvalue weighted by molar-refractivity contribution is 5.96. The predicted octanol–water partition coefficient (Wildman–Crippen LogP) is -0.254. The zero-order valence-corrected chi connectivity index (χ0v) is 17.4. The number of nitrogens with two attached hydrogens (primary N) is 2. The van der Waals surface area contributed by atoms with Crippen LogP contribution in [0.3, 0.4) is 0 Å². The van der Waals surface area contributed by atoms with E-state index in [1.165, 1.54) is 18.3 Å². The van der Waals surface area contributed by atoms with Gasteiger partial charge in [0.1, 0.15) is 6.04 Å². The molecule has 8 N–H and O–H groups in total. The molecule has 1 atom stereocenters. The molecule has 0 aliphatic rings. The maximum absolute atomic E-state index is 12.4. The van der Waals surface area contributed by atoms with Crippen LogP contribution in [0.4, 0.5) is 11.6 Å². The predicted molar refractivity (Wildman–Crippen MR) is 118 cm³/mol. The summed E-state index contributed by atoms with van der Waals surface area (Å²) in [5.41, 5.74) is 11.7. The van der Waals surface area contributed by atoms with Crippen LogP contribution in [0.5, 0.6) is 0 Å². The molecule has 0 saturated carbocycles. The summed E-state index contributed by atoms with van der Waals surface area (Å²) in [4.78, 5) is 61.1. The highest BCUT2D eigenvalue weighted by Crippen LogP contribution is 2.12. The van der Waals surface area contributed by atoms with Crippen LogP contribution in [0.1, 0.15) is 35.3 Å². The van der Waals surface area contributed by atoms with Crippen molar-refractivity contribution < 1.29 is 19.5 Å². The van der Waals surface area contributed by atoms with Crippen molar-refractivity contribution >= 4 is 40.6 Å². The normalized spacial score (nSPS) is 11.6. The van der Waals surface area contributed by atoms with Gasteiger partial charge in [0.05, 0.1) is 18.4 Å². The number of aromatic nitrogens is 4. The number of hydrogen-bond donors (Lipinski definition) is 6. The molecule has 0 radical (unpaired) electrons. The van der Waals surface area contributed by atoms with E-state index in [1.807, 2.05) is 0 Å². The second-order valence-electron chi connectivity index (χ2n) is 7.14. The summed E-state index contributed by atoms with van der Waals surface area (Å²) < 4.78 is 0. The summed E-state index contributed by atoms with van der Waals surface area (Å²) in [6.45, 7) is 0.249. The van der Waals surface area contributed by atoms with Crippen LogP contribution in [0, 0.1) is 0 Å². The molecule has 3 aromatic rings. The highest BCUT2D eigenvalue weighted by Gasteiger charge is 2.20. The van der Waals surface area contributed by atoms with Gasteiger partial charge in [-0.3, -0.25) is 19.4 Å². The number of aliphatic carboxylic acids is 1. The molecular formula is C20H22N8O5. The fourth-order valence-electron chi connectivity index (χ4n) is 2.97. The van der Waals surface area contributed by atoms with Crippen molar-refractivity contribution in [3.05, 3.63) is 52.1 Å². The van der Waals surface area contributed by atoms with Gasteiger partial charge in [-0.25, -0.2) is 14.8 Å². The number of carboxylic acid groups (broad SMARTS) is 1. The maximum Gasteiger partial charge on any atom is 0.326 e. The van der Waals surface area contributed by atoms with Gasteiger partial charge in [-0.1, -0.05) is 0 Å². The third kappa shape index (κ3) is 6.22. The Balaban J connectivity index is 1.60. The molecule has 0 aliphatic heterocycles. The van der Waals surface area contributed by atoms with Gasteiger partial charge in [0.25, 0.3) is 11.5 Å². The van der Waals surface area contributed by atoms with E-state index < -0.39 is 29.4 Å². The molecule has 13 heteroatoms. The standard InChI is InChI=1S/C20H22N8O5/c21-14(29)3-1-2-13(19(32)33)26-17(30)10-4-6-11(7-5-10)23-8-12-9-24-16-15(25-12)18(31)28-20(22)27-16/h4-7,9,13,23H,1-3,8H2,(H2,21,29)(H,26,30)(H,32,33)(H3,22,24,27,28,31). The van der Waals surface area contributed by atoms with E-state index in [-0.39, 0.29) is 48.5 Å². The van der Waals surface area contributed by atoms with Crippen molar-refractivity contribution in [2.24, 2.45) is 5.73 Å². The number of benzene rings is 1. The first-order chi connectivity index (χ1) is 15.7. The van der Waals surface area contributed by atoms with E-state index in [9.17, 15) is 24.3 Å². The minimum atomic E-state index is -1.20. The van der Waals surface area contributed by atoms with Gasteiger partial charge in [-0.15, -0.1) is 0 Å². The van der Waals surface area contributed by atoms with Gasteiger partial charge < -0.3 is 27.2 Å². The summed E-state index contributed by atoms with van der Waals surface area (Å²) in [7, 11) is 0. The van der Waals surface area contributed by atoms with Crippen molar-refractivity contribution in [2.75, 3.05) is 11.1 Å². The minimum Gasteiger partial charge on any atom is -0.480 e. The van der Waals surface area contributed by atoms with Crippen molar-refractivity contribution in [2.45, 2.75) is 31.8 Å². The molecule has 1 unspecified atom stereocenters. The van der Waals surface area contributed by atoms with Gasteiger partial charge in [0, 0.05) is 17.7 Å². The number of primary amides is 1. The topological polar surface area (TPSA) is 219 Å². The number of carboxylic acids is 1. The lowest BCUT2D eigenvalue weighted by molar-refractivity contribution is -0.139. The first kappa shape index (κ1) is 23.1. The molecule has 0 saturated heterocycles. The molecule has 1 aromatic carbocycles.